The van der Waals surface area contributed by atoms with E-state index in [-0.39, 0.29) is 11.8 Å². The zero-order valence-corrected chi connectivity index (χ0v) is 20.0. The van der Waals surface area contributed by atoms with E-state index in [4.69, 9.17) is 4.99 Å². The van der Waals surface area contributed by atoms with Crippen LogP contribution in [0.5, 0.6) is 11.8 Å². The molecule has 2 aliphatic heterocycles. The maximum absolute atomic E-state index is 10.3. The number of aliphatic imine (C=N–C) groups is 1. The predicted octanol–water partition coefficient (Wildman–Crippen LogP) is 4.77. The molecule has 1 saturated heterocycles. The Hall–Kier alpha value is -2.90. The van der Waals surface area contributed by atoms with Crippen LogP contribution in [0, 0.1) is 13.8 Å². The maximum Gasteiger partial charge on any atom is 0.197 e. The topological polar surface area (TPSA) is 64.2 Å². The molecule has 0 aliphatic carbocycles. The van der Waals surface area contributed by atoms with Crippen molar-refractivity contribution >= 4 is 23.3 Å². The highest BCUT2D eigenvalue weighted by atomic mass is 32.2. The summed E-state index contributed by atoms with van der Waals surface area (Å²) in [6.45, 7) is 9.02. The van der Waals surface area contributed by atoms with Crippen LogP contribution in [0.2, 0.25) is 0 Å². The monoisotopic (exact) mass is 462 g/mol. The Morgan fingerprint density at radius 1 is 0.818 bits per heavy atom. The van der Waals surface area contributed by atoms with Crippen molar-refractivity contribution in [2.24, 2.45) is 4.99 Å². The Kier molecular flexibility index (Phi) is 6.08. The Labute approximate surface area is 199 Å². The predicted molar refractivity (Wildman–Crippen MR) is 133 cm³/mol. The largest absolute Gasteiger partial charge is 0.494 e. The van der Waals surface area contributed by atoms with Gasteiger partial charge in [-0.15, -0.1) is 0 Å². The smallest absolute Gasteiger partial charge is 0.197 e. The number of hydrogen-bond acceptors (Lipinski definition) is 6. The summed E-state index contributed by atoms with van der Waals surface area (Å²) in [6, 6.07) is 16.9. The van der Waals surface area contributed by atoms with Crippen LogP contribution in [0.3, 0.4) is 0 Å². The molecule has 1 aromatic heterocycles. The van der Waals surface area contributed by atoms with Crippen molar-refractivity contribution in [3.8, 4) is 11.8 Å². The van der Waals surface area contributed by atoms with E-state index in [1.165, 1.54) is 15.4 Å². The minimum absolute atomic E-state index is 0.179. The number of aromatic nitrogens is 1. The zero-order chi connectivity index (χ0) is 22.9. The van der Waals surface area contributed by atoms with E-state index in [1.54, 1.807) is 16.3 Å². The second-order valence-electron chi connectivity index (χ2n) is 8.73. The molecule has 3 aromatic rings. The van der Waals surface area contributed by atoms with Crippen molar-refractivity contribution in [3.05, 3.63) is 65.2 Å². The minimum Gasteiger partial charge on any atom is -0.494 e. The van der Waals surface area contributed by atoms with Crippen LogP contribution in [0.25, 0.3) is 0 Å². The molecule has 6 nitrogen and oxygen atoms in total. The number of benzene rings is 2. The van der Waals surface area contributed by atoms with Crippen molar-refractivity contribution in [2.45, 2.75) is 36.6 Å². The summed E-state index contributed by atoms with van der Waals surface area (Å²) in [5.41, 5.74) is 3.75. The summed E-state index contributed by atoms with van der Waals surface area (Å²) in [7, 11) is 0. The minimum atomic E-state index is 0.179. The lowest BCUT2D eigenvalue weighted by molar-refractivity contribution is 0.177. The molecule has 0 unspecified atom stereocenters. The van der Waals surface area contributed by atoms with Crippen LogP contribution in [0.15, 0.2) is 63.3 Å². The summed E-state index contributed by atoms with van der Waals surface area (Å²) >= 11 is 1.79. The molecule has 0 amide bonds. The third-order valence-corrected chi connectivity index (χ3v) is 7.85. The maximum atomic E-state index is 10.3. The number of rotatable bonds is 4. The lowest BCUT2D eigenvalue weighted by atomic mass is 10.1. The average molecular weight is 463 g/mol. The molecular formula is C26H30N4O2S. The molecule has 3 heterocycles. The molecular weight excluding hydrogens is 432 g/mol. The van der Waals surface area contributed by atoms with Crippen molar-refractivity contribution in [3.63, 3.8) is 0 Å². The summed E-state index contributed by atoms with van der Waals surface area (Å²) in [5.74, 6) is 1.42. The van der Waals surface area contributed by atoms with E-state index < -0.39 is 0 Å². The first kappa shape index (κ1) is 21.9. The van der Waals surface area contributed by atoms with Gasteiger partial charge < -0.3 is 15.1 Å². The lowest BCUT2D eigenvalue weighted by Gasteiger charge is -2.36. The van der Waals surface area contributed by atoms with Crippen molar-refractivity contribution in [2.75, 3.05) is 32.7 Å². The highest BCUT2D eigenvalue weighted by Crippen LogP contribution is 2.40. The zero-order valence-electron chi connectivity index (χ0n) is 19.2. The van der Waals surface area contributed by atoms with Crippen LogP contribution in [-0.4, -0.2) is 63.1 Å². The third kappa shape index (κ3) is 4.23. The van der Waals surface area contributed by atoms with Gasteiger partial charge in [0.1, 0.15) is 5.84 Å². The standard InChI is InChI=1S/C26H30N4O2S/c1-18-19(2)26(32)30(25(18)31)13-7-12-28-14-16-29(17-15-28)24-20-8-3-5-10-22(20)33-23-11-6-4-9-21(23)27-24/h3-6,8-11,31-32H,7,12-17H2,1-2H3. The summed E-state index contributed by atoms with van der Waals surface area (Å²) in [6.07, 6.45) is 0.877. The first-order chi connectivity index (χ1) is 16.0. The second kappa shape index (κ2) is 9.15. The Balaban J connectivity index is 1.25. The fraction of sp³-hybridized carbons (Fsp3) is 0.346. The quantitative estimate of drug-likeness (QED) is 0.585. The number of piperazine rings is 1. The highest BCUT2D eigenvalue weighted by molar-refractivity contribution is 7.99. The van der Waals surface area contributed by atoms with E-state index in [9.17, 15) is 10.2 Å². The number of aromatic hydroxyl groups is 2. The molecule has 172 valence electrons. The molecule has 0 radical (unpaired) electrons. The fourth-order valence-corrected chi connectivity index (χ4v) is 5.62. The van der Waals surface area contributed by atoms with Gasteiger partial charge >= 0.3 is 0 Å². The van der Waals surface area contributed by atoms with Crippen molar-refractivity contribution < 1.29 is 10.2 Å². The molecule has 7 heteroatoms. The fourth-order valence-electron chi connectivity index (χ4n) is 4.60. The second-order valence-corrected chi connectivity index (χ2v) is 9.82. The van der Waals surface area contributed by atoms with Gasteiger partial charge in [-0.2, -0.15) is 0 Å². The van der Waals surface area contributed by atoms with Gasteiger partial charge in [0.2, 0.25) is 0 Å². The summed E-state index contributed by atoms with van der Waals surface area (Å²) in [5, 5.41) is 20.5. The molecule has 0 spiro atoms. The summed E-state index contributed by atoms with van der Waals surface area (Å²) in [4.78, 5) is 12.4. The van der Waals surface area contributed by atoms with E-state index >= 15 is 0 Å². The molecule has 1 fully saturated rings. The van der Waals surface area contributed by atoms with Gasteiger partial charge in [0, 0.05) is 59.2 Å². The number of nitrogens with zero attached hydrogens (tertiary/aromatic N) is 4. The van der Waals surface area contributed by atoms with Crippen LogP contribution in [-0.2, 0) is 6.54 Å². The Morgan fingerprint density at radius 2 is 1.45 bits per heavy atom. The van der Waals surface area contributed by atoms with Gasteiger partial charge in [-0.25, -0.2) is 4.99 Å². The van der Waals surface area contributed by atoms with Crippen LogP contribution in [0.4, 0.5) is 5.69 Å². The normalized spacial score (nSPS) is 16.2. The number of amidine groups is 1. The number of hydrogen-bond donors (Lipinski definition) is 2. The van der Waals surface area contributed by atoms with Gasteiger partial charge in [0.25, 0.3) is 0 Å². The average Bonchev–Trinajstić information content (AvgIpc) is 2.97. The molecule has 0 saturated carbocycles. The highest BCUT2D eigenvalue weighted by Gasteiger charge is 2.25. The van der Waals surface area contributed by atoms with Crippen molar-refractivity contribution in [1.29, 1.82) is 0 Å². The van der Waals surface area contributed by atoms with Gasteiger partial charge in [0.15, 0.2) is 11.8 Å². The molecule has 2 aromatic carbocycles. The number of fused-ring (bicyclic) bond motifs is 2. The van der Waals surface area contributed by atoms with Crippen LogP contribution < -0.4 is 0 Å². The molecule has 33 heavy (non-hydrogen) atoms. The molecule has 5 rings (SSSR count). The number of para-hydroxylation sites is 1. The third-order valence-electron chi connectivity index (χ3n) is 6.71. The van der Waals surface area contributed by atoms with Gasteiger partial charge in [-0.05, 0) is 45.0 Å². The lowest BCUT2D eigenvalue weighted by Crippen LogP contribution is -2.49. The van der Waals surface area contributed by atoms with Gasteiger partial charge in [0.05, 0.1) is 5.69 Å². The molecule has 0 atom stereocenters. The van der Waals surface area contributed by atoms with Crippen LogP contribution >= 0.6 is 11.8 Å². The SMILES string of the molecule is Cc1c(C)c(O)n(CCCN2CCN(C3=Nc4ccccc4Sc4ccccc43)CC2)c1O. The van der Waals surface area contributed by atoms with Crippen molar-refractivity contribution in [1.82, 2.24) is 14.4 Å². The molecule has 2 N–H and O–H groups in total. The first-order valence-corrected chi connectivity index (χ1v) is 12.3. The summed E-state index contributed by atoms with van der Waals surface area (Å²) < 4.78 is 1.62. The Morgan fingerprint density at radius 3 is 2.18 bits per heavy atom. The van der Waals surface area contributed by atoms with E-state index in [0.29, 0.717) is 6.54 Å². The van der Waals surface area contributed by atoms with E-state index in [2.05, 4.69) is 58.3 Å². The Bertz CT molecular complexity index is 1170. The van der Waals surface area contributed by atoms with Gasteiger partial charge in [-0.1, -0.05) is 42.1 Å². The van der Waals surface area contributed by atoms with E-state index in [0.717, 1.165) is 61.8 Å². The molecule has 0 bridgehead atoms. The molecule has 2 aliphatic rings. The van der Waals surface area contributed by atoms with E-state index in [1.807, 2.05) is 13.8 Å². The first-order valence-electron chi connectivity index (χ1n) is 11.5. The van der Waals surface area contributed by atoms with Crippen LogP contribution in [0.1, 0.15) is 23.1 Å². The van der Waals surface area contributed by atoms with Gasteiger partial charge in [-0.3, -0.25) is 9.47 Å².